The maximum atomic E-state index is 4.96. The van der Waals surface area contributed by atoms with Crippen molar-refractivity contribution in [3.05, 3.63) is 72.1 Å². The first kappa shape index (κ1) is 22.5. The molecule has 1 aromatic heterocycles. The zero-order chi connectivity index (χ0) is 20.6. The summed E-state index contributed by atoms with van der Waals surface area (Å²) < 4.78 is 0. The average Bonchev–Trinajstić information content (AvgIpc) is 2.73. The zero-order valence-electron chi connectivity index (χ0n) is 16.7. The van der Waals surface area contributed by atoms with Crippen molar-refractivity contribution in [3.8, 4) is 0 Å². The minimum atomic E-state index is 0.827. The van der Waals surface area contributed by atoms with E-state index in [0.29, 0.717) is 0 Å². The molecule has 2 nitrogen and oxygen atoms in total. The molecule has 0 amide bonds. The Kier molecular flexibility index (Phi) is 8.72. The Morgan fingerprint density at radius 3 is 1.62 bits per heavy atom. The van der Waals surface area contributed by atoms with Gasteiger partial charge in [-0.3, -0.25) is 4.98 Å². The lowest BCUT2D eigenvalue weighted by Gasteiger charge is -2.22. The normalized spacial score (nSPS) is 10.9. The second kappa shape index (κ2) is 11.3. The number of rotatable bonds is 9. The number of thioether (sulfide) groups is 2. The average molecular weight is 459 g/mol. The largest absolute Gasteiger partial charge is 0.372 e. The summed E-state index contributed by atoms with van der Waals surface area (Å²) in [6, 6.07) is 20.9. The van der Waals surface area contributed by atoms with Gasteiger partial charge >= 0.3 is 0 Å². The van der Waals surface area contributed by atoms with E-state index in [0.717, 1.165) is 45.8 Å². The molecule has 0 atom stereocenters. The van der Waals surface area contributed by atoms with E-state index in [9.17, 15) is 0 Å². The number of pyridine rings is 1. The third-order valence-corrected chi connectivity index (χ3v) is 7.82. The molecule has 2 aromatic carbocycles. The third kappa shape index (κ3) is 6.38. The van der Waals surface area contributed by atoms with Crippen molar-refractivity contribution in [2.75, 3.05) is 18.0 Å². The van der Waals surface area contributed by atoms with Crippen LogP contribution >= 0.6 is 48.8 Å². The highest BCUT2D eigenvalue weighted by Gasteiger charge is 2.10. The van der Waals surface area contributed by atoms with Gasteiger partial charge in [-0.15, -0.1) is 48.8 Å². The minimum Gasteiger partial charge on any atom is -0.372 e. The number of nitrogens with zero attached hydrogens (tertiary/aromatic N) is 2. The molecule has 0 aliphatic rings. The second-order valence-electron chi connectivity index (χ2n) is 6.49. The third-order valence-electron chi connectivity index (χ3n) is 4.53. The van der Waals surface area contributed by atoms with Crippen LogP contribution in [-0.2, 0) is 11.5 Å². The van der Waals surface area contributed by atoms with E-state index < -0.39 is 0 Å². The van der Waals surface area contributed by atoms with Crippen molar-refractivity contribution in [2.45, 2.75) is 44.9 Å². The van der Waals surface area contributed by atoms with Gasteiger partial charge in [0.15, 0.2) is 0 Å². The van der Waals surface area contributed by atoms with Crippen LogP contribution < -0.4 is 4.90 Å². The van der Waals surface area contributed by atoms with Gasteiger partial charge in [-0.05, 0) is 50.2 Å². The Labute approximate surface area is 193 Å². The van der Waals surface area contributed by atoms with E-state index in [1.165, 1.54) is 15.5 Å². The molecule has 0 aliphatic carbocycles. The predicted molar refractivity (Wildman–Crippen MR) is 134 cm³/mol. The van der Waals surface area contributed by atoms with Crippen LogP contribution in [-0.4, -0.2) is 18.1 Å². The Hall–Kier alpha value is -1.21. The zero-order valence-corrected chi connectivity index (χ0v) is 20.1. The minimum absolute atomic E-state index is 0.827. The molecule has 0 fully saturated rings. The van der Waals surface area contributed by atoms with Gasteiger partial charge in [0.25, 0.3) is 0 Å². The van der Waals surface area contributed by atoms with Crippen LogP contribution in [0.4, 0.5) is 5.69 Å². The molecule has 0 N–H and O–H groups in total. The second-order valence-corrected chi connectivity index (χ2v) is 9.49. The lowest BCUT2D eigenvalue weighted by molar-refractivity contribution is 0.860. The van der Waals surface area contributed by atoms with E-state index in [4.69, 9.17) is 4.98 Å². The molecular formula is C23H26N2S4. The predicted octanol–water partition coefficient (Wildman–Crippen LogP) is 7.09. The fourth-order valence-corrected chi connectivity index (χ4v) is 5.41. The standard InChI is InChI=1S/C23H26N2S4/c1-3-25(4-2)19-13-17(15-28-22-11-7-5-9-20(22)26)24-18(14-19)16-29-23-12-8-6-10-21(23)27/h5-14,26-27H,3-4,15-16H2,1-2H3. The van der Waals surface area contributed by atoms with Crippen molar-refractivity contribution in [1.29, 1.82) is 0 Å². The molecule has 3 aromatic rings. The Morgan fingerprint density at radius 1 is 0.759 bits per heavy atom. The number of aromatic nitrogens is 1. The molecule has 6 heteroatoms. The molecule has 0 aliphatic heterocycles. The molecule has 0 spiro atoms. The van der Waals surface area contributed by atoms with Crippen molar-refractivity contribution < 1.29 is 0 Å². The number of hydrogen-bond donors (Lipinski definition) is 2. The Bertz CT molecular complexity index is 874. The number of anilines is 1. The molecule has 0 unspecified atom stereocenters. The molecule has 1 heterocycles. The van der Waals surface area contributed by atoms with Crippen LogP contribution in [0.3, 0.4) is 0 Å². The summed E-state index contributed by atoms with van der Waals surface area (Å²) in [6.07, 6.45) is 0. The first-order valence-electron chi connectivity index (χ1n) is 9.67. The first-order valence-corrected chi connectivity index (χ1v) is 12.5. The smallest absolute Gasteiger partial charge is 0.0530 e. The van der Waals surface area contributed by atoms with E-state index in [1.54, 1.807) is 23.5 Å². The van der Waals surface area contributed by atoms with Crippen LogP contribution in [0.2, 0.25) is 0 Å². The molecule has 3 rings (SSSR count). The Balaban J connectivity index is 1.81. The molecule has 152 valence electrons. The maximum Gasteiger partial charge on any atom is 0.0530 e. The highest BCUT2D eigenvalue weighted by atomic mass is 32.2. The van der Waals surface area contributed by atoms with E-state index in [1.807, 2.05) is 24.3 Å². The van der Waals surface area contributed by atoms with Crippen LogP contribution in [0.25, 0.3) is 0 Å². The van der Waals surface area contributed by atoms with Gasteiger partial charge in [0.2, 0.25) is 0 Å². The fourth-order valence-electron chi connectivity index (χ4n) is 3.01. The van der Waals surface area contributed by atoms with Crippen molar-refractivity contribution in [2.24, 2.45) is 0 Å². The lowest BCUT2D eigenvalue weighted by Crippen LogP contribution is -2.22. The summed E-state index contributed by atoms with van der Waals surface area (Å²) in [4.78, 5) is 11.7. The highest BCUT2D eigenvalue weighted by molar-refractivity contribution is 7.99. The van der Waals surface area contributed by atoms with Crippen molar-refractivity contribution >= 4 is 54.5 Å². The first-order chi connectivity index (χ1) is 14.1. The summed E-state index contributed by atoms with van der Waals surface area (Å²) in [7, 11) is 0. The topological polar surface area (TPSA) is 16.1 Å². The van der Waals surface area contributed by atoms with Crippen molar-refractivity contribution in [1.82, 2.24) is 4.98 Å². The molecule has 0 saturated heterocycles. The highest BCUT2D eigenvalue weighted by Crippen LogP contribution is 2.31. The molecular weight excluding hydrogens is 433 g/mol. The van der Waals surface area contributed by atoms with Crippen molar-refractivity contribution in [3.63, 3.8) is 0 Å². The van der Waals surface area contributed by atoms with Crippen LogP contribution in [0.1, 0.15) is 25.2 Å². The lowest BCUT2D eigenvalue weighted by atomic mass is 10.2. The van der Waals surface area contributed by atoms with Gasteiger partial charge in [0, 0.05) is 49.9 Å². The monoisotopic (exact) mass is 458 g/mol. The van der Waals surface area contributed by atoms with Crippen LogP contribution in [0.15, 0.2) is 80.2 Å². The summed E-state index contributed by atoms with van der Waals surface area (Å²) in [5.41, 5.74) is 3.45. The Morgan fingerprint density at radius 2 is 1.21 bits per heavy atom. The van der Waals surface area contributed by atoms with Gasteiger partial charge < -0.3 is 4.90 Å². The van der Waals surface area contributed by atoms with Gasteiger partial charge in [0.05, 0.1) is 11.4 Å². The van der Waals surface area contributed by atoms with Gasteiger partial charge in [-0.1, -0.05) is 24.3 Å². The maximum absolute atomic E-state index is 4.96. The molecule has 0 radical (unpaired) electrons. The molecule has 0 saturated carbocycles. The summed E-state index contributed by atoms with van der Waals surface area (Å²) >= 11 is 12.7. The summed E-state index contributed by atoms with van der Waals surface area (Å²) in [5.74, 6) is 1.65. The van der Waals surface area contributed by atoms with Gasteiger partial charge in [-0.2, -0.15) is 0 Å². The number of benzene rings is 2. The summed E-state index contributed by atoms with van der Waals surface area (Å²) in [5, 5.41) is 0. The van der Waals surface area contributed by atoms with Gasteiger partial charge in [0.1, 0.15) is 0 Å². The fraction of sp³-hybridized carbons (Fsp3) is 0.261. The van der Waals surface area contributed by atoms with Gasteiger partial charge in [-0.25, -0.2) is 0 Å². The van der Waals surface area contributed by atoms with E-state index in [-0.39, 0.29) is 0 Å². The van der Waals surface area contributed by atoms with E-state index >= 15 is 0 Å². The summed E-state index contributed by atoms with van der Waals surface area (Å²) in [6.45, 7) is 6.36. The quantitative estimate of drug-likeness (QED) is 0.263. The van der Waals surface area contributed by atoms with Crippen LogP contribution in [0.5, 0.6) is 0 Å². The van der Waals surface area contributed by atoms with E-state index in [2.05, 4.69) is 80.4 Å². The number of thiol groups is 2. The van der Waals surface area contributed by atoms with Crippen LogP contribution in [0, 0.1) is 0 Å². The molecule has 29 heavy (non-hydrogen) atoms. The SMILES string of the molecule is CCN(CC)c1cc(CSc2ccccc2S)nc(CSc2ccccc2S)c1. The number of hydrogen-bond acceptors (Lipinski definition) is 6. The molecule has 0 bridgehead atoms.